The van der Waals surface area contributed by atoms with E-state index in [9.17, 15) is 4.79 Å². The van der Waals surface area contributed by atoms with Crippen LogP contribution in [-0.4, -0.2) is 24.3 Å². The Morgan fingerprint density at radius 1 is 1.17 bits per heavy atom. The van der Waals surface area contributed by atoms with E-state index in [-0.39, 0.29) is 18.6 Å². The zero-order chi connectivity index (χ0) is 16.5. The summed E-state index contributed by atoms with van der Waals surface area (Å²) in [6.45, 7) is 2.23. The Balaban J connectivity index is 1.76. The molecule has 4 heteroatoms. The predicted octanol–water partition coefficient (Wildman–Crippen LogP) is 4.13. The van der Waals surface area contributed by atoms with Crippen LogP contribution >= 0.6 is 0 Å². The molecule has 3 N–H and O–H groups in total. The monoisotopic (exact) mass is 313 g/mol. The lowest BCUT2D eigenvalue weighted by Gasteiger charge is -2.16. The molecule has 1 aromatic carbocycles. The molecule has 4 nitrogen and oxygen atoms in total. The van der Waals surface area contributed by atoms with Gasteiger partial charge in [0.15, 0.2) is 0 Å². The van der Waals surface area contributed by atoms with Gasteiger partial charge < -0.3 is 16.0 Å². The maximum atomic E-state index is 11.9. The first-order valence-corrected chi connectivity index (χ1v) is 8.50. The highest BCUT2D eigenvalue weighted by Gasteiger charge is 2.14. The number of hydrogen-bond donors (Lipinski definition) is 3. The number of hydrogen-bond acceptors (Lipinski definition) is 2. The van der Waals surface area contributed by atoms with Crippen molar-refractivity contribution in [2.24, 2.45) is 0 Å². The molecule has 1 fully saturated rings. The lowest BCUT2D eigenvalue weighted by molar-refractivity contribution is 0.237. The van der Waals surface area contributed by atoms with Gasteiger partial charge in [-0.3, -0.25) is 0 Å². The van der Waals surface area contributed by atoms with Gasteiger partial charge in [-0.2, -0.15) is 0 Å². The Morgan fingerprint density at radius 3 is 2.48 bits per heavy atom. The predicted molar refractivity (Wildman–Crippen MR) is 95.8 cm³/mol. The van der Waals surface area contributed by atoms with Crippen molar-refractivity contribution in [3.8, 4) is 0 Å². The molecule has 0 heterocycles. The second kappa shape index (κ2) is 9.13. The molecular weight excluding hydrogens is 286 g/mol. The molecule has 1 saturated carbocycles. The third kappa shape index (κ3) is 6.27. The summed E-state index contributed by atoms with van der Waals surface area (Å²) in [4.78, 5) is 11.9. The molecule has 0 aromatic heterocycles. The van der Waals surface area contributed by atoms with E-state index in [0.29, 0.717) is 5.71 Å². The van der Waals surface area contributed by atoms with E-state index < -0.39 is 0 Å². The zero-order valence-corrected chi connectivity index (χ0v) is 13.9. The van der Waals surface area contributed by atoms with E-state index in [0.717, 1.165) is 24.0 Å². The van der Waals surface area contributed by atoms with Crippen LogP contribution in [0.4, 0.5) is 4.79 Å². The minimum absolute atomic E-state index is 0.160. The largest absolute Gasteiger partial charge is 0.335 e. The van der Waals surface area contributed by atoms with Crippen LogP contribution in [0, 0.1) is 5.41 Å². The molecule has 1 aliphatic rings. The zero-order valence-electron chi connectivity index (χ0n) is 13.9. The molecule has 0 unspecified atom stereocenters. The van der Waals surface area contributed by atoms with Crippen LogP contribution in [0.1, 0.15) is 51.0 Å². The fourth-order valence-corrected chi connectivity index (χ4v) is 2.93. The number of urea groups is 1. The summed E-state index contributed by atoms with van der Waals surface area (Å²) >= 11 is 0. The molecule has 0 saturated heterocycles. The topological polar surface area (TPSA) is 65.0 Å². The van der Waals surface area contributed by atoms with Crippen molar-refractivity contribution in [3.63, 3.8) is 0 Å². The first-order valence-electron chi connectivity index (χ1n) is 8.50. The van der Waals surface area contributed by atoms with Crippen molar-refractivity contribution in [1.29, 1.82) is 5.41 Å². The smallest absolute Gasteiger partial charge is 0.315 e. The minimum atomic E-state index is -0.160. The van der Waals surface area contributed by atoms with E-state index in [1.54, 1.807) is 6.08 Å². The average Bonchev–Trinajstić information content (AvgIpc) is 2.82. The molecule has 0 atom stereocenters. The molecule has 0 spiro atoms. The van der Waals surface area contributed by atoms with Crippen molar-refractivity contribution in [3.05, 3.63) is 42.0 Å². The molecule has 23 heavy (non-hydrogen) atoms. The van der Waals surface area contributed by atoms with Gasteiger partial charge in [0.2, 0.25) is 0 Å². The van der Waals surface area contributed by atoms with Crippen LogP contribution in [0.2, 0.25) is 0 Å². The van der Waals surface area contributed by atoms with Crippen molar-refractivity contribution in [2.45, 2.75) is 51.5 Å². The Labute approximate surface area is 138 Å². The van der Waals surface area contributed by atoms with Gasteiger partial charge in [-0.15, -0.1) is 0 Å². The SMILES string of the molecule is C/C(=C\C(=N)CNC(=O)NC1CCCCCC1)c1ccccc1. The fraction of sp³-hybridized carbons (Fsp3) is 0.474. The van der Waals surface area contributed by atoms with Crippen LogP contribution in [0.15, 0.2) is 36.4 Å². The maximum absolute atomic E-state index is 11.9. The van der Waals surface area contributed by atoms with Gasteiger partial charge in [-0.25, -0.2) is 4.79 Å². The third-order valence-electron chi connectivity index (χ3n) is 4.25. The molecule has 2 rings (SSSR count). The van der Waals surface area contributed by atoms with E-state index in [4.69, 9.17) is 5.41 Å². The number of allylic oxidation sites excluding steroid dienone is 1. The molecule has 0 bridgehead atoms. The fourth-order valence-electron chi connectivity index (χ4n) is 2.93. The number of amides is 2. The summed E-state index contributed by atoms with van der Waals surface area (Å²) in [5.74, 6) is 0. The Bertz CT molecular complexity index is 543. The summed E-state index contributed by atoms with van der Waals surface area (Å²) in [7, 11) is 0. The summed E-state index contributed by atoms with van der Waals surface area (Å²) < 4.78 is 0. The second-order valence-corrected chi connectivity index (χ2v) is 6.23. The van der Waals surface area contributed by atoms with Gasteiger partial charge in [0.25, 0.3) is 0 Å². The molecular formula is C19H27N3O. The highest BCUT2D eigenvalue weighted by molar-refractivity contribution is 6.01. The Morgan fingerprint density at radius 2 is 1.83 bits per heavy atom. The molecule has 0 radical (unpaired) electrons. The Hall–Kier alpha value is -2.10. The molecule has 0 aliphatic heterocycles. The van der Waals surface area contributed by atoms with Crippen molar-refractivity contribution in [2.75, 3.05) is 6.54 Å². The van der Waals surface area contributed by atoms with E-state index in [2.05, 4.69) is 10.6 Å². The number of carbonyl (C=O) groups is 1. The van der Waals surface area contributed by atoms with E-state index in [1.807, 2.05) is 37.3 Å². The van der Waals surface area contributed by atoms with E-state index >= 15 is 0 Å². The molecule has 1 aliphatic carbocycles. The van der Waals surface area contributed by atoms with Crippen LogP contribution in [0.5, 0.6) is 0 Å². The molecule has 124 valence electrons. The normalized spacial score (nSPS) is 16.5. The van der Waals surface area contributed by atoms with Crippen molar-refractivity contribution < 1.29 is 4.79 Å². The van der Waals surface area contributed by atoms with Crippen LogP contribution < -0.4 is 10.6 Å². The molecule has 1 aromatic rings. The molecule has 2 amide bonds. The van der Waals surface area contributed by atoms with Gasteiger partial charge in [-0.05, 0) is 37.0 Å². The van der Waals surface area contributed by atoms with E-state index in [1.165, 1.54) is 25.7 Å². The third-order valence-corrected chi connectivity index (χ3v) is 4.25. The average molecular weight is 313 g/mol. The number of rotatable bonds is 5. The lowest BCUT2D eigenvalue weighted by Crippen LogP contribution is -2.43. The first-order chi connectivity index (χ1) is 11.1. The van der Waals surface area contributed by atoms with Gasteiger partial charge in [0.05, 0.1) is 12.3 Å². The Kier molecular flexibility index (Phi) is 6.85. The van der Waals surface area contributed by atoms with Gasteiger partial charge in [-0.1, -0.05) is 56.0 Å². The number of benzene rings is 1. The standard InChI is InChI=1S/C19H27N3O/c1-15(16-9-5-4-6-10-16)13-17(20)14-21-19(23)22-18-11-7-2-3-8-12-18/h4-6,9-10,13,18,20H,2-3,7-8,11-12,14H2,1H3,(H2,21,22,23)/b15-13+,20-17?. The maximum Gasteiger partial charge on any atom is 0.315 e. The minimum Gasteiger partial charge on any atom is -0.335 e. The summed E-state index contributed by atoms with van der Waals surface area (Å²) in [5, 5.41) is 13.8. The lowest BCUT2D eigenvalue weighted by atomic mass is 10.1. The highest BCUT2D eigenvalue weighted by Crippen LogP contribution is 2.17. The van der Waals surface area contributed by atoms with Crippen LogP contribution in [-0.2, 0) is 0 Å². The van der Waals surface area contributed by atoms with Crippen molar-refractivity contribution in [1.82, 2.24) is 10.6 Å². The number of carbonyl (C=O) groups excluding carboxylic acids is 1. The summed E-state index contributed by atoms with van der Waals surface area (Å²) in [6, 6.07) is 10.1. The quantitative estimate of drug-likeness (QED) is 0.555. The highest BCUT2D eigenvalue weighted by atomic mass is 16.2. The summed E-state index contributed by atoms with van der Waals surface area (Å²) in [5.41, 5.74) is 2.53. The van der Waals surface area contributed by atoms with Gasteiger partial charge >= 0.3 is 6.03 Å². The second-order valence-electron chi connectivity index (χ2n) is 6.23. The summed E-state index contributed by atoms with van der Waals surface area (Å²) in [6.07, 6.45) is 8.87. The number of nitrogens with one attached hydrogen (secondary N) is 3. The van der Waals surface area contributed by atoms with Crippen molar-refractivity contribution >= 4 is 17.3 Å². The van der Waals surface area contributed by atoms with Gasteiger partial charge in [0.1, 0.15) is 0 Å². The first kappa shape index (κ1) is 17.3. The van der Waals surface area contributed by atoms with Crippen LogP contribution in [0.3, 0.4) is 0 Å². The van der Waals surface area contributed by atoms with Crippen LogP contribution in [0.25, 0.3) is 5.57 Å². The van der Waals surface area contributed by atoms with Gasteiger partial charge in [0, 0.05) is 6.04 Å².